The van der Waals surface area contributed by atoms with Gasteiger partial charge in [0.25, 0.3) is 0 Å². The molecular formula is C11H21N3O2S2. The van der Waals surface area contributed by atoms with Crippen LogP contribution in [0, 0.1) is 6.92 Å². The van der Waals surface area contributed by atoms with Crippen LogP contribution in [0.15, 0.2) is 5.38 Å². The van der Waals surface area contributed by atoms with Gasteiger partial charge < -0.3 is 5.32 Å². The van der Waals surface area contributed by atoms with Crippen molar-refractivity contribution in [2.75, 3.05) is 12.3 Å². The predicted molar refractivity (Wildman–Crippen MR) is 75.3 cm³/mol. The number of nitrogens with zero attached hydrogens (tertiary/aromatic N) is 1. The SMILES string of the molecule is Cc1csc(C(C)NS(=O)(=O)CCNC(C)C)n1. The molecular weight excluding hydrogens is 270 g/mol. The highest BCUT2D eigenvalue weighted by Crippen LogP contribution is 2.18. The molecule has 0 aliphatic rings. The Kier molecular flexibility index (Phi) is 5.71. The lowest BCUT2D eigenvalue weighted by Crippen LogP contribution is -2.35. The molecule has 0 aliphatic carbocycles. The molecule has 0 radical (unpaired) electrons. The zero-order valence-electron chi connectivity index (χ0n) is 11.2. The molecule has 0 fully saturated rings. The van der Waals surface area contributed by atoms with Gasteiger partial charge in [0.1, 0.15) is 5.01 Å². The summed E-state index contributed by atoms with van der Waals surface area (Å²) in [5.41, 5.74) is 0.919. The Morgan fingerprint density at radius 1 is 1.39 bits per heavy atom. The van der Waals surface area contributed by atoms with Crippen LogP contribution in [0.2, 0.25) is 0 Å². The minimum Gasteiger partial charge on any atom is -0.313 e. The van der Waals surface area contributed by atoms with Gasteiger partial charge in [0.2, 0.25) is 10.0 Å². The summed E-state index contributed by atoms with van der Waals surface area (Å²) >= 11 is 1.47. The number of hydrogen-bond donors (Lipinski definition) is 2. The summed E-state index contributed by atoms with van der Waals surface area (Å²) in [6.45, 7) is 8.14. The molecule has 1 heterocycles. The Balaban J connectivity index is 2.50. The third kappa shape index (κ3) is 5.43. The standard InChI is InChI=1S/C11H21N3O2S2/c1-8(2)12-5-6-18(15,16)14-10(4)11-13-9(3)7-17-11/h7-8,10,12,14H,5-6H2,1-4H3. The number of hydrogen-bond acceptors (Lipinski definition) is 5. The van der Waals surface area contributed by atoms with Gasteiger partial charge in [-0.25, -0.2) is 18.1 Å². The second-order valence-corrected chi connectivity index (χ2v) is 7.36. The average molecular weight is 291 g/mol. The quantitative estimate of drug-likeness (QED) is 0.797. The first-order valence-electron chi connectivity index (χ1n) is 5.95. The van der Waals surface area contributed by atoms with Gasteiger partial charge in [-0.1, -0.05) is 13.8 Å². The van der Waals surface area contributed by atoms with E-state index < -0.39 is 10.0 Å². The summed E-state index contributed by atoms with van der Waals surface area (Å²) in [5, 5.41) is 5.80. The molecule has 7 heteroatoms. The minimum atomic E-state index is -3.26. The Morgan fingerprint density at radius 2 is 2.06 bits per heavy atom. The monoisotopic (exact) mass is 291 g/mol. The normalized spacial score (nSPS) is 14.1. The lowest BCUT2D eigenvalue weighted by atomic mass is 10.4. The molecule has 0 saturated carbocycles. The van der Waals surface area contributed by atoms with Crippen LogP contribution in [0.25, 0.3) is 0 Å². The van der Waals surface area contributed by atoms with E-state index in [0.717, 1.165) is 10.7 Å². The van der Waals surface area contributed by atoms with E-state index in [0.29, 0.717) is 12.6 Å². The van der Waals surface area contributed by atoms with Crippen LogP contribution in [0.5, 0.6) is 0 Å². The van der Waals surface area contributed by atoms with Gasteiger partial charge in [-0.2, -0.15) is 0 Å². The largest absolute Gasteiger partial charge is 0.313 e. The van der Waals surface area contributed by atoms with Crippen LogP contribution < -0.4 is 10.0 Å². The number of rotatable bonds is 7. The highest BCUT2D eigenvalue weighted by molar-refractivity contribution is 7.89. The Hall–Kier alpha value is -0.500. The van der Waals surface area contributed by atoms with Crippen LogP contribution in [-0.2, 0) is 10.0 Å². The lowest BCUT2D eigenvalue weighted by molar-refractivity contribution is 0.555. The second-order valence-electron chi connectivity index (χ2n) is 4.59. The van der Waals surface area contributed by atoms with Crippen molar-refractivity contribution in [3.8, 4) is 0 Å². The molecule has 5 nitrogen and oxygen atoms in total. The van der Waals surface area contributed by atoms with Gasteiger partial charge >= 0.3 is 0 Å². The molecule has 0 saturated heterocycles. The smallest absolute Gasteiger partial charge is 0.213 e. The molecule has 1 aromatic heterocycles. The van der Waals surface area contributed by atoms with Crippen molar-refractivity contribution in [3.63, 3.8) is 0 Å². The first kappa shape index (κ1) is 15.6. The molecule has 0 spiro atoms. The zero-order valence-corrected chi connectivity index (χ0v) is 12.9. The Morgan fingerprint density at radius 3 is 2.56 bits per heavy atom. The second kappa shape index (κ2) is 6.60. The first-order valence-corrected chi connectivity index (χ1v) is 8.49. The van der Waals surface area contributed by atoms with Gasteiger partial charge in [-0.05, 0) is 13.8 Å². The lowest BCUT2D eigenvalue weighted by Gasteiger charge is -2.13. The molecule has 0 aliphatic heterocycles. The molecule has 0 aromatic carbocycles. The van der Waals surface area contributed by atoms with Crippen LogP contribution in [0.1, 0.15) is 37.5 Å². The van der Waals surface area contributed by atoms with Crippen molar-refractivity contribution in [3.05, 3.63) is 16.1 Å². The maximum absolute atomic E-state index is 11.8. The van der Waals surface area contributed by atoms with Crippen molar-refractivity contribution >= 4 is 21.4 Å². The van der Waals surface area contributed by atoms with Gasteiger partial charge in [-0.3, -0.25) is 0 Å². The summed E-state index contributed by atoms with van der Waals surface area (Å²) in [4.78, 5) is 4.28. The predicted octanol–water partition coefficient (Wildman–Crippen LogP) is 1.43. The number of aryl methyl sites for hydroxylation is 1. The van der Waals surface area contributed by atoms with E-state index in [9.17, 15) is 8.42 Å². The number of thiazole rings is 1. The van der Waals surface area contributed by atoms with E-state index in [1.807, 2.05) is 33.1 Å². The van der Waals surface area contributed by atoms with Crippen molar-refractivity contribution < 1.29 is 8.42 Å². The van der Waals surface area contributed by atoms with Gasteiger partial charge in [-0.15, -0.1) is 11.3 Å². The van der Waals surface area contributed by atoms with Crippen molar-refractivity contribution in [1.82, 2.24) is 15.0 Å². The van der Waals surface area contributed by atoms with Crippen LogP contribution in [0.4, 0.5) is 0 Å². The Labute approximate surface area is 113 Å². The summed E-state index contributed by atoms with van der Waals surface area (Å²) in [6.07, 6.45) is 0. The summed E-state index contributed by atoms with van der Waals surface area (Å²) in [7, 11) is -3.26. The van der Waals surface area contributed by atoms with Gasteiger partial charge in [0.05, 0.1) is 11.8 Å². The van der Waals surface area contributed by atoms with Crippen molar-refractivity contribution in [1.29, 1.82) is 0 Å². The summed E-state index contributed by atoms with van der Waals surface area (Å²) in [6, 6.07) is 0.0204. The topological polar surface area (TPSA) is 71.1 Å². The molecule has 1 atom stereocenters. The number of aromatic nitrogens is 1. The Bertz CT molecular complexity index is 468. The van der Waals surface area contributed by atoms with E-state index >= 15 is 0 Å². The maximum atomic E-state index is 11.8. The van der Waals surface area contributed by atoms with Gasteiger partial charge in [0.15, 0.2) is 0 Å². The maximum Gasteiger partial charge on any atom is 0.213 e. The van der Waals surface area contributed by atoms with Crippen LogP contribution in [-0.4, -0.2) is 31.7 Å². The van der Waals surface area contributed by atoms with E-state index in [1.165, 1.54) is 11.3 Å². The fourth-order valence-corrected chi connectivity index (χ4v) is 3.46. The number of sulfonamides is 1. The molecule has 0 amide bonds. The highest BCUT2D eigenvalue weighted by atomic mass is 32.2. The van der Waals surface area contributed by atoms with E-state index in [1.54, 1.807) is 0 Å². The molecule has 18 heavy (non-hydrogen) atoms. The van der Waals surface area contributed by atoms with Gasteiger partial charge in [0, 0.05) is 23.7 Å². The van der Waals surface area contributed by atoms with Crippen molar-refractivity contribution in [2.24, 2.45) is 0 Å². The minimum absolute atomic E-state index is 0.0832. The van der Waals surface area contributed by atoms with E-state index in [2.05, 4.69) is 15.0 Å². The molecule has 1 rings (SSSR count). The fourth-order valence-electron chi connectivity index (χ4n) is 1.43. The third-order valence-corrected chi connectivity index (χ3v) is 4.89. The zero-order chi connectivity index (χ0) is 13.8. The number of nitrogens with one attached hydrogen (secondary N) is 2. The summed E-state index contributed by atoms with van der Waals surface area (Å²) < 4.78 is 26.3. The van der Waals surface area contributed by atoms with Crippen LogP contribution in [0.3, 0.4) is 0 Å². The average Bonchev–Trinajstić information content (AvgIpc) is 2.63. The molecule has 104 valence electrons. The van der Waals surface area contributed by atoms with E-state index in [4.69, 9.17) is 0 Å². The molecule has 1 aromatic rings. The van der Waals surface area contributed by atoms with E-state index in [-0.39, 0.29) is 11.8 Å². The molecule has 0 bridgehead atoms. The summed E-state index contributed by atoms with van der Waals surface area (Å²) in [5.74, 6) is 0.0832. The third-order valence-electron chi connectivity index (χ3n) is 2.29. The van der Waals surface area contributed by atoms with Crippen molar-refractivity contribution in [2.45, 2.75) is 39.8 Å². The molecule has 1 unspecified atom stereocenters. The fraction of sp³-hybridized carbons (Fsp3) is 0.727. The first-order chi connectivity index (χ1) is 8.30. The highest BCUT2D eigenvalue weighted by Gasteiger charge is 2.17. The molecule has 2 N–H and O–H groups in total. The van der Waals surface area contributed by atoms with Crippen LogP contribution >= 0.6 is 11.3 Å².